The van der Waals surface area contributed by atoms with Crippen molar-refractivity contribution in [3.05, 3.63) is 76.7 Å². The Balaban J connectivity index is 1.32. The molecule has 1 aliphatic heterocycles. The van der Waals surface area contributed by atoms with Crippen molar-refractivity contribution in [2.45, 2.75) is 18.8 Å². The molecule has 152 valence electrons. The third-order valence-electron chi connectivity index (χ3n) is 5.90. The minimum atomic E-state index is 0.114. The highest BCUT2D eigenvalue weighted by molar-refractivity contribution is 6.30. The Hall–Kier alpha value is -2.99. The van der Waals surface area contributed by atoms with Gasteiger partial charge in [0.15, 0.2) is 5.78 Å². The first kappa shape index (κ1) is 19.0. The molecular formula is C23H22ClN5O. The Labute approximate surface area is 180 Å². The van der Waals surface area contributed by atoms with Crippen LogP contribution in [0.25, 0.3) is 0 Å². The zero-order valence-corrected chi connectivity index (χ0v) is 17.3. The van der Waals surface area contributed by atoms with E-state index in [0.717, 1.165) is 49.7 Å². The summed E-state index contributed by atoms with van der Waals surface area (Å²) in [6.07, 6.45) is 4.76. The van der Waals surface area contributed by atoms with E-state index in [2.05, 4.69) is 19.8 Å². The number of hydrogen-bond donors (Lipinski definition) is 0. The van der Waals surface area contributed by atoms with Crippen LogP contribution in [0.15, 0.2) is 54.9 Å². The second-order valence-electron chi connectivity index (χ2n) is 7.77. The molecule has 0 radical (unpaired) electrons. The average molecular weight is 420 g/mol. The predicted molar refractivity (Wildman–Crippen MR) is 118 cm³/mol. The zero-order chi connectivity index (χ0) is 20.5. The molecule has 7 heteroatoms. The first-order chi connectivity index (χ1) is 14.7. The maximum absolute atomic E-state index is 12.7. The summed E-state index contributed by atoms with van der Waals surface area (Å²) >= 11 is 6.02. The van der Waals surface area contributed by atoms with Gasteiger partial charge in [-0.2, -0.15) is 0 Å². The van der Waals surface area contributed by atoms with Crippen molar-refractivity contribution in [1.29, 1.82) is 0 Å². The summed E-state index contributed by atoms with van der Waals surface area (Å²) in [7, 11) is 0. The average Bonchev–Trinajstić information content (AvgIpc) is 2.80. The number of anilines is 2. The summed E-state index contributed by atoms with van der Waals surface area (Å²) < 4.78 is 0. The molecule has 1 saturated heterocycles. The van der Waals surface area contributed by atoms with Crippen molar-refractivity contribution in [3.63, 3.8) is 0 Å². The minimum absolute atomic E-state index is 0.114. The first-order valence-corrected chi connectivity index (χ1v) is 10.6. The number of halogens is 1. The number of ketones is 1. The molecular weight excluding hydrogens is 398 g/mol. The molecule has 0 amide bonds. The van der Waals surface area contributed by atoms with Crippen molar-refractivity contribution in [2.75, 3.05) is 36.0 Å². The molecule has 0 unspecified atom stereocenters. The molecule has 2 aromatic heterocycles. The molecule has 6 nitrogen and oxygen atoms in total. The maximum atomic E-state index is 12.7. The Morgan fingerprint density at radius 3 is 2.40 bits per heavy atom. The fourth-order valence-electron chi connectivity index (χ4n) is 4.23. The number of fused-ring (bicyclic) bond motifs is 1. The van der Waals surface area contributed by atoms with Crippen LogP contribution >= 0.6 is 11.6 Å². The van der Waals surface area contributed by atoms with E-state index in [1.807, 2.05) is 48.7 Å². The quantitative estimate of drug-likeness (QED) is 0.644. The fraction of sp³-hybridized carbons (Fsp3) is 0.304. The van der Waals surface area contributed by atoms with Gasteiger partial charge in [0.2, 0.25) is 5.95 Å². The van der Waals surface area contributed by atoms with E-state index in [0.29, 0.717) is 23.0 Å². The van der Waals surface area contributed by atoms with E-state index in [1.165, 1.54) is 0 Å². The molecule has 3 aromatic rings. The molecule has 1 atom stereocenters. The van der Waals surface area contributed by atoms with Gasteiger partial charge >= 0.3 is 0 Å². The summed E-state index contributed by atoms with van der Waals surface area (Å²) in [5.74, 6) is 1.95. The van der Waals surface area contributed by atoms with Crippen LogP contribution in [-0.4, -0.2) is 46.9 Å². The lowest BCUT2D eigenvalue weighted by atomic mass is 9.82. The van der Waals surface area contributed by atoms with Gasteiger partial charge in [-0.15, -0.1) is 0 Å². The lowest BCUT2D eigenvalue weighted by Crippen LogP contribution is -2.47. The van der Waals surface area contributed by atoms with Gasteiger partial charge in [-0.05, 0) is 42.2 Å². The summed E-state index contributed by atoms with van der Waals surface area (Å²) in [4.78, 5) is 30.9. The molecule has 30 heavy (non-hydrogen) atoms. The van der Waals surface area contributed by atoms with E-state index >= 15 is 0 Å². The van der Waals surface area contributed by atoms with Crippen molar-refractivity contribution < 1.29 is 4.79 Å². The predicted octanol–water partition coefficient (Wildman–Crippen LogP) is 3.76. The number of rotatable bonds is 3. The number of carbonyl (C=O) groups is 1. The number of nitrogens with zero attached hydrogens (tertiary/aromatic N) is 5. The molecule has 1 aliphatic carbocycles. The monoisotopic (exact) mass is 419 g/mol. The van der Waals surface area contributed by atoms with Crippen molar-refractivity contribution in [1.82, 2.24) is 15.0 Å². The molecule has 0 spiro atoms. The molecule has 0 bridgehead atoms. The van der Waals surface area contributed by atoms with Crippen LogP contribution < -0.4 is 9.80 Å². The van der Waals surface area contributed by atoms with Crippen molar-refractivity contribution in [2.24, 2.45) is 0 Å². The molecule has 3 heterocycles. The highest BCUT2D eigenvalue weighted by Crippen LogP contribution is 2.33. The number of aromatic nitrogens is 3. The standard InChI is InChI=1S/C23H22ClN5O/c24-18-6-4-16(5-7-18)17-13-20-19(21(30)14-17)15-26-23(27-20)29-11-9-28(10-12-29)22-3-1-2-8-25-22/h1-8,15,17H,9-14H2/t17-/m0/s1. The largest absolute Gasteiger partial charge is 0.353 e. The van der Waals surface area contributed by atoms with Crippen LogP contribution in [0.1, 0.15) is 34.0 Å². The summed E-state index contributed by atoms with van der Waals surface area (Å²) in [6.45, 7) is 3.38. The van der Waals surface area contributed by atoms with Crippen LogP contribution in [0.4, 0.5) is 11.8 Å². The number of piperazine rings is 1. The minimum Gasteiger partial charge on any atom is -0.353 e. The van der Waals surface area contributed by atoms with Crippen LogP contribution in [0.5, 0.6) is 0 Å². The first-order valence-electron chi connectivity index (χ1n) is 10.2. The third-order valence-corrected chi connectivity index (χ3v) is 6.16. The van der Waals surface area contributed by atoms with Crippen molar-refractivity contribution in [3.8, 4) is 0 Å². The Bertz CT molecular complexity index is 1050. The van der Waals surface area contributed by atoms with Gasteiger partial charge in [-0.25, -0.2) is 15.0 Å². The summed E-state index contributed by atoms with van der Waals surface area (Å²) in [5, 5.41) is 0.704. The van der Waals surface area contributed by atoms with Gasteiger partial charge in [-0.1, -0.05) is 29.8 Å². The second kappa shape index (κ2) is 8.03. The topological polar surface area (TPSA) is 62.2 Å². The summed E-state index contributed by atoms with van der Waals surface area (Å²) in [5.41, 5.74) is 2.64. The Morgan fingerprint density at radius 1 is 0.900 bits per heavy atom. The highest BCUT2D eigenvalue weighted by Gasteiger charge is 2.29. The van der Waals surface area contributed by atoms with Gasteiger partial charge in [0.1, 0.15) is 5.82 Å². The normalized spacial score (nSPS) is 19.0. The smallest absolute Gasteiger partial charge is 0.225 e. The third kappa shape index (κ3) is 3.75. The number of benzene rings is 1. The zero-order valence-electron chi connectivity index (χ0n) is 16.5. The van der Waals surface area contributed by atoms with E-state index in [9.17, 15) is 4.79 Å². The number of Topliss-reactive ketones (excluding diaryl/α,β-unsaturated/α-hetero) is 1. The lowest BCUT2D eigenvalue weighted by molar-refractivity contribution is 0.0962. The van der Waals surface area contributed by atoms with Gasteiger partial charge in [0, 0.05) is 50.0 Å². The van der Waals surface area contributed by atoms with E-state index < -0.39 is 0 Å². The molecule has 0 saturated carbocycles. The van der Waals surface area contributed by atoms with E-state index in [4.69, 9.17) is 16.6 Å². The molecule has 1 aromatic carbocycles. The SMILES string of the molecule is O=C1C[C@@H](c2ccc(Cl)cc2)Cc2nc(N3CCN(c4ccccn4)CC3)ncc21. The lowest BCUT2D eigenvalue weighted by Gasteiger charge is -2.35. The van der Waals surface area contributed by atoms with Crippen LogP contribution in [0.2, 0.25) is 5.02 Å². The highest BCUT2D eigenvalue weighted by atomic mass is 35.5. The molecule has 2 aliphatic rings. The number of carbonyl (C=O) groups excluding carboxylic acids is 1. The molecule has 0 N–H and O–H groups in total. The Kier molecular flexibility index (Phi) is 5.09. The van der Waals surface area contributed by atoms with Gasteiger partial charge < -0.3 is 9.80 Å². The molecule has 1 fully saturated rings. The van der Waals surface area contributed by atoms with Gasteiger partial charge in [0.25, 0.3) is 0 Å². The van der Waals surface area contributed by atoms with Gasteiger partial charge in [0.05, 0.1) is 11.3 Å². The summed E-state index contributed by atoms with van der Waals surface area (Å²) in [6, 6.07) is 13.7. The fourth-order valence-corrected chi connectivity index (χ4v) is 4.36. The second-order valence-corrected chi connectivity index (χ2v) is 8.21. The van der Waals surface area contributed by atoms with Crippen molar-refractivity contribution >= 4 is 29.2 Å². The van der Waals surface area contributed by atoms with Crippen LogP contribution in [0.3, 0.4) is 0 Å². The van der Waals surface area contributed by atoms with E-state index in [-0.39, 0.29) is 11.7 Å². The molecule has 5 rings (SSSR count). The Morgan fingerprint density at radius 2 is 1.67 bits per heavy atom. The van der Waals surface area contributed by atoms with Crippen LogP contribution in [-0.2, 0) is 6.42 Å². The van der Waals surface area contributed by atoms with Gasteiger partial charge in [-0.3, -0.25) is 4.79 Å². The maximum Gasteiger partial charge on any atom is 0.225 e. The van der Waals surface area contributed by atoms with Crippen LogP contribution in [0, 0.1) is 0 Å². The van der Waals surface area contributed by atoms with E-state index in [1.54, 1.807) is 6.20 Å². The number of hydrogen-bond acceptors (Lipinski definition) is 6. The number of pyridine rings is 1.